The molecule has 0 spiro atoms. The third-order valence-electron chi connectivity index (χ3n) is 12.5. The lowest BCUT2D eigenvalue weighted by atomic mass is 10.0. The van der Waals surface area contributed by atoms with E-state index in [2.05, 4.69) is 15.7 Å². The van der Waals surface area contributed by atoms with Crippen molar-refractivity contribution in [3.05, 3.63) is 89.0 Å². The van der Waals surface area contributed by atoms with E-state index in [1.54, 1.807) is 29.2 Å². The number of nitrogens with zero attached hydrogens (tertiary/aromatic N) is 4. The minimum Gasteiger partial charge on any atom is -0.454 e. The molecule has 0 aliphatic carbocycles. The largest absolute Gasteiger partial charge is 0.454 e. The van der Waals surface area contributed by atoms with Gasteiger partial charge in [-0.1, -0.05) is 6.07 Å². The van der Waals surface area contributed by atoms with Crippen LogP contribution in [-0.4, -0.2) is 193 Å². The van der Waals surface area contributed by atoms with Gasteiger partial charge >= 0.3 is 6.09 Å². The molecule has 3 aromatic carbocycles. The van der Waals surface area contributed by atoms with Crippen molar-refractivity contribution in [2.24, 2.45) is 5.73 Å². The fraction of sp³-hybridized carbons (Fsp3) is 0.491. The maximum absolute atomic E-state index is 14.1. The number of anilines is 2. The van der Waals surface area contributed by atoms with Gasteiger partial charge in [-0.3, -0.25) is 34.2 Å². The van der Waals surface area contributed by atoms with Gasteiger partial charge in [-0.25, -0.2) is 18.3 Å². The minimum absolute atomic E-state index is 0.0182. The number of carbonyl (C=O) groups is 6. The van der Waals surface area contributed by atoms with Crippen LogP contribution in [0.3, 0.4) is 0 Å². The van der Waals surface area contributed by atoms with Crippen molar-refractivity contribution >= 4 is 47.1 Å². The zero-order chi connectivity index (χ0) is 55.9. The van der Waals surface area contributed by atoms with Gasteiger partial charge in [0.05, 0.1) is 123 Å². The molecule has 3 aliphatic heterocycles. The predicted octanol–water partition coefficient (Wildman–Crippen LogP) is 3.72. The highest BCUT2D eigenvalue weighted by Gasteiger charge is 2.45. The van der Waals surface area contributed by atoms with Crippen LogP contribution in [-0.2, 0) is 52.2 Å². The Labute approximate surface area is 454 Å². The number of nitrogen functional groups attached to an aromatic ring is 1. The fourth-order valence-corrected chi connectivity index (χ4v) is 8.70. The van der Waals surface area contributed by atoms with Crippen LogP contribution in [0.1, 0.15) is 62.8 Å². The van der Waals surface area contributed by atoms with Gasteiger partial charge in [-0.15, -0.1) is 0 Å². The summed E-state index contributed by atoms with van der Waals surface area (Å²) in [6, 6.07) is 12.7. The van der Waals surface area contributed by atoms with Gasteiger partial charge in [0.2, 0.25) is 11.8 Å². The van der Waals surface area contributed by atoms with E-state index >= 15 is 0 Å². The molecule has 2 saturated heterocycles. The Hall–Kier alpha value is -7.17. The summed E-state index contributed by atoms with van der Waals surface area (Å²) in [6.45, 7) is 6.81. The molecular weight excluding hydrogens is 1040 g/mol. The minimum atomic E-state index is -1.03. The van der Waals surface area contributed by atoms with Crippen molar-refractivity contribution in [2.75, 3.05) is 143 Å². The summed E-state index contributed by atoms with van der Waals surface area (Å²) in [5.74, 6) is -4.45. The molecule has 4 heterocycles. The molecule has 79 heavy (non-hydrogen) atoms. The van der Waals surface area contributed by atoms with Gasteiger partial charge in [0, 0.05) is 43.4 Å². The number of ether oxygens (including phenoxy) is 10. The van der Waals surface area contributed by atoms with Gasteiger partial charge < -0.3 is 69.1 Å². The number of hydrogen-bond donors (Lipinski definition) is 4. The van der Waals surface area contributed by atoms with Gasteiger partial charge in [-0.05, 0) is 67.8 Å². The summed E-state index contributed by atoms with van der Waals surface area (Å²) in [5, 5.41) is 9.96. The molecule has 6 N–H and O–H groups in total. The summed E-state index contributed by atoms with van der Waals surface area (Å²) < 4.78 is 84.2. The number of fused-ring (bicyclic) bond motifs is 1. The second-order valence-corrected chi connectivity index (χ2v) is 18.0. The highest BCUT2D eigenvalue weighted by molar-refractivity contribution is 6.25. The molecule has 4 aromatic rings. The standard InChI is InChI=1S/C53H66F2N8O16/c54-36-8-12-43(40(55)33-36)79-38-9-6-35(7-10-38)47-46(49(57)65)48(56)63(60-47)37-3-2-15-61(34-37)53(69)78-32-31-77-30-29-76-28-27-75-26-25-74-24-23-73-22-21-72-20-19-71-18-17-70-16-14-58-41-5-1-4-39-45(41)52(68)62(51(39)67)42-11-13-44(64)59-50(42)66/h1,4-10,12,33,37,42,58H,2-3,11,13-32,34,56H2,(H2,57,65)(H,59,64,66)/t37-,42?/m1/s1. The highest BCUT2D eigenvalue weighted by Crippen LogP contribution is 2.35. The van der Waals surface area contributed by atoms with Crippen LogP contribution in [0.2, 0.25) is 0 Å². The van der Waals surface area contributed by atoms with E-state index in [1.807, 2.05) is 0 Å². The normalized spacial score (nSPS) is 16.3. The zero-order valence-electron chi connectivity index (χ0n) is 43.6. The van der Waals surface area contributed by atoms with E-state index in [0.717, 1.165) is 11.0 Å². The number of rotatable bonds is 34. The number of hydrogen-bond acceptors (Lipinski definition) is 19. The van der Waals surface area contributed by atoms with E-state index in [0.29, 0.717) is 142 Å². The first-order chi connectivity index (χ1) is 38.4. The monoisotopic (exact) mass is 1110 g/mol. The lowest BCUT2D eigenvalue weighted by molar-refractivity contribution is -0.136. The Kier molecular flexibility index (Phi) is 23.2. The quantitative estimate of drug-likeness (QED) is 0.0383. The van der Waals surface area contributed by atoms with E-state index < -0.39 is 53.3 Å². The Balaban J connectivity index is 0.623. The number of primary amides is 1. The molecule has 6 amide bonds. The number of benzene rings is 3. The van der Waals surface area contributed by atoms with Gasteiger partial charge in [0.25, 0.3) is 17.7 Å². The van der Waals surface area contributed by atoms with Crippen molar-refractivity contribution in [3.8, 4) is 22.8 Å². The molecule has 1 unspecified atom stereocenters. The third kappa shape index (κ3) is 17.2. The molecule has 2 fully saturated rings. The predicted molar refractivity (Wildman–Crippen MR) is 276 cm³/mol. The Morgan fingerprint density at radius 2 is 1.29 bits per heavy atom. The zero-order valence-corrected chi connectivity index (χ0v) is 43.6. The van der Waals surface area contributed by atoms with Gasteiger partial charge in [0.15, 0.2) is 11.6 Å². The molecule has 26 heteroatoms. The van der Waals surface area contributed by atoms with Crippen molar-refractivity contribution < 1.29 is 84.9 Å². The number of piperidine rings is 2. The fourth-order valence-electron chi connectivity index (χ4n) is 8.70. The molecular formula is C53H66F2N8O16. The lowest BCUT2D eigenvalue weighted by Crippen LogP contribution is -2.54. The maximum Gasteiger partial charge on any atom is 0.409 e. The molecule has 1 aromatic heterocycles. The summed E-state index contributed by atoms with van der Waals surface area (Å²) in [7, 11) is 0. The topological polar surface area (TPSA) is 295 Å². The van der Waals surface area contributed by atoms with Crippen LogP contribution in [0, 0.1) is 11.6 Å². The van der Waals surface area contributed by atoms with E-state index in [4.69, 9.17) is 58.8 Å². The number of imide groups is 2. The molecule has 0 radical (unpaired) electrons. The number of likely N-dealkylation sites (tertiary alicyclic amines) is 1. The van der Waals surface area contributed by atoms with Crippen LogP contribution in [0.25, 0.3) is 11.3 Å². The van der Waals surface area contributed by atoms with Crippen LogP contribution < -0.4 is 26.8 Å². The van der Waals surface area contributed by atoms with Crippen LogP contribution in [0.5, 0.6) is 11.5 Å². The molecule has 7 rings (SSSR count). The van der Waals surface area contributed by atoms with E-state index in [9.17, 15) is 37.5 Å². The van der Waals surface area contributed by atoms with Crippen LogP contribution in [0.4, 0.5) is 25.1 Å². The number of halogens is 2. The summed E-state index contributed by atoms with van der Waals surface area (Å²) >= 11 is 0. The average Bonchev–Trinajstić information content (AvgIpc) is 4.13. The van der Waals surface area contributed by atoms with Crippen molar-refractivity contribution in [1.29, 1.82) is 0 Å². The van der Waals surface area contributed by atoms with Crippen LogP contribution >= 0.6 is 0 Å². The van der Waals surface area contributed by atoms with Gasteiger partial charge in [-0.2, -0.15) is 5.10 Å². The molecule has 0 bridgehead atoms. The Morgan fingerprint density at radius 3 is 1.86 bits per heavy atom. The third-order valence-corrected chi connectivity index (χ3v) is 12.5. The first-order valence-corrected chi connectivity index (χ1v) is 25.9. The lowest BCUT2D eigenvalue weighted by Gasteiger charge is -2.32. The summed E-state index contributed by atoms with van der Waals surface area (Å²) in [4.78, 5) is 78.1. The van der Waals surface area contributed by atoms with Crippen molar-refractivity contribution in [2.45, 2.75) is 37.8 Å². The molecule has 24 nitrogen and oxygen atoms in total. The van der Waals surface area contributed by atoms with E-state index in [-0.39, 0.29) is 78.3 Å². The van der Waals surface area contributed by atoms with Crippen LogP contribution in [0.15, 0.2) is 60.7 Å². The van der Waals surface area contributed by atoms with Crippen molar-refractivity contribution in [1.82, 2.24) is 24.9 Å². The summed E-state index contributed by atoms with van der Waals surface area (Å²) in [6.07, 6.45) is 0.868. The average molecular weight is 1110 g/mol. The molecule has 3 aliphatic rings. The molecule has 0 saturated carbocycles. The van der Waals surface area contributed by atoms with Gasteiger partial charge in [0.1, 0.15) is 41.3 Å². The number of carbonyl (C=O) groups excluding carboxylic acids is 6. The SMILES string of the molecule is NC(=O)c1c(-c2ccc(Oc3ccc(F)cc3F)cc2)nn([C@@H]2CCCN(C(=O)OCCOCCOCCOCCOCCOCCOCCOCCOCCNc3cccc4c3C(=O)N(C3CCC(=O)NC3=O)C4=O)C2)c1N. The number of nitrogens with one attached hydrogen (secondary N) is 2. The molecule has 428 valence electrons. The Morgan fingerprint density at radius 1 is 0.709 bits per heavy atom. The first kappa shape index (κ1) is 59.5. The number of nitrogens with two attached hydrogens (primary N) is 2. The smallest absolute Gasteiger partial charge is 0.409 e. The highest BCUT2D eigenvalue weighted by atomic mass is 19.1. The first-order valence-electron chi connectivity index (χ1n) is 25.9. The Bertz CT molecular complexity index is 2700. The second-order valence-electron chi connectivity index (χ2n) is 18.0. The van der Waals surface area contributed by atoms with Crippen molar-refractivity contribution in [3.63, 3.8) is 0 Å². The second kappa shape index (κ2) is 30.8. The summed E-state index contributed by atoms with van der Waals surface area (Å²) in [5.41, 5.74) is 13.7. The number of amides is 6. The molecule has 2 atom stereocenters. The number of aromatic nitrogens is 2. The maximum atomic E-state index is 14.1. The van der Waals surface area contributed by atoms with E-state index in [1.165, 1.54) is 28.9 Å².